The fourth-order valence-corrected chi connectivity index (χ4v) is 5.04. The molecule has 0 spiro atoms. The van der Waals surface area contributed by atoms with Crippen molar-refractivity contribution in [2.24, 2.45) is 17.3 Å². The highest BCUT2D eigenvalue weighted by Crippen LogP contribution is 2.44. The number of hydrogen-bond donors (Lipinski definition) is 1. The van der Waals surface area contributed by atoms with Crippen molar-refractivity contribution in [1.82, 2.24) is 9.80 Å². The van der Waals surface area contributed by atoms with E-state index >= 15 is 0 Å². The molecular weight excluding hydrogens is 372 g/mol. The molecule has 1 aliphatic carbocycles. The summed E-state index contributed by atoms with van der Waals surface area (Å²) in [4.78, 5) is 29.8. The van der Waals surface area contributed by atoms with Gasteiger partial charge in [0.15, 0.2) is 0 Å². The summed E-state index contributed by atoms with van der Waals surface area (Å²) in [5.74, 6) is 1.09. The highest BCUT2D eigenvalue weighted by atomic mass is 35.5. The summed E-state index contributed by atoms with van der Waals surface area (Å²) in [6, 6.07) is 7.47. The largest absolute Gasteiger partial charge is 0.396 e. The first-order valence-corrected chi connectivity index (χ1v) is 10.4. The van der Waals surface area contributed by atoms with Crippen LogP contribution in [-0.4, -0.2) is 65.3 Å². The van der Waals surface area contributed by atoms with Crippen LogP contribution in [0, 0.1) is 17.3 Å². The monoisotopic (exact) mass is 394 g/mol. The van der Waals surface area contributed by atoms with Crippen LogP contribution in [0.3, 0.4) is 0 Å². The van der Waals surface area contributed by atoms with E-state index < -0.39 is 0 Å². The second-order valence-corrected chi connectivity index (χ2v) is 9.21. The van der Waals surface area contributed by atoms with E-state index in [1.54, 1.807) is 0 Å². The third-order valence-electron chi connectivity index (χ3n) is 5.84. The lowest BCUT2D eigenvalue weighted by molar-refractivity contribution is -0.132. The van der Waals surface area contributed by atoms with Gasteiger partial charge >= 0.3 is 0 Å². The number of carbonyl (C=O) groups excluding carboxylic acids is 2. The van der Waals surface area contributed by atoms with Gasteiger partial charge in [-0.15, -0.1) is 11.8 Å². The van der Waals surface area contributed by atoms with Gasteiger partial charge < -0.3 is 14.9 Å². The number of nitrogens with zero attached hydrogens (tertiary/aromatic N) is 2. The number of benzene rings is 1. The Morgan fingerprint density at radius 2 is 1.81 bits per heavy atom. The molecule has 3 fully saturated rings. The number of likely N-dealkylation sites (tertiary alicyclic amines) is 2. The third kappa shape index (κ3) is 3.47. The predicted molar refractivity (Wildman–Crippen MR) is 101 cm³/mol. The lowest BCUT2D eigenvalue weighted by atomic mass is 9.82. The Morgan fingerprint density at radius 1 is 1.15 bits per heavy atom. The van der Waals surface area contributed by atoms with Crippen molar-refractivity contribution in [1.29, 1.82) is 0 Å². The van der Waals surface area contributed by atoms with E-state index in [4.69, 9.17) is 11.6 Å². The van der Waals surface area contributed by atoms with E-state index in [1.807, 2.05) is 34.1 Å². The average Bonchev–Trinajstić information content (AvgIpc) is 3.33. The quantitative estimate of drug-likeness (QED) is 0.777. The van der Waals surface area contributed by atoms with Crippen LogP contribution < -0.4 is 0 Å². The van der Waals surface area contributed by atoms with Crippen LogP contribution in [0.5, 0.6) is 0 Å². The molecule has 0 radical (unpaired) electrons. The molecule has 1 saturated carbocycles. The molecule has 5 nitrogen and oxygen atoms in total. The van der Waals surface area contributed by atoms with Crippen molar-refractivity contribution in [3.05, 3.63) is 29.3 Å². The molecule has 3 aliphatic rings. The zero-order valence-corrected chi connectivity index (χ0v) is 16.1. The second-order valence-electron chi connectivity index (χ2n) is 7.73. The normalized spacial score (nSPS) is 27.7. The summed E-state index contributed by atoms with van der Waals surface area (Å²) in [7, 11) is 0. The topological polar surface area (TPSA) is 60.9 Å². The number of hydrogen-bond acceptors (Lipinski definition) is 4. The highest BCUT2D eigenvalue weighted by Gasteiger charge is 2.55. The van der Waals surface area contributed by atoms with Gasteiger partial charge in [-0.2, -0.15) is 0 Å². The van der Waals surface area contributed by atoms with Gasteiger partial charge in [-0.05, 0) is 37.1 Å². The number of rotatable bonds is 5. The van der Waals surface area contributed by atoms with Crippen LogP contribution >= 0.6 is 23.4 Å². The van der Waals surface area contributed by atoms with Gasteiger partial charge in [0.25, 0.3) is 0 Å². The maximum Gasteiger partial charge on any atom is 0.232 e. The van der Waals surface area contributed by atoms with Crippen molar-refractivity contribution in [2.75, 3.05) is 38.5 Å². The molecule has 0 bridgehead atoms. The number of aliphatic hydroxyl groups is 1. The summed E-state index contributed by atoms with van der Waals surface area (Å²) in [6.45, 7) is 2.46. The number of aliphatic hydroxyl groups excluding tert-OH is 1. The molecule has 2 amide bonds. The molecule has 2 saturated heterocycles. The van der Waals surface area contributed by atoms with Crippen molar-refractivity contribution >= 4 is 35.2 Å². The van der Waals surface area contributed by atoms with Crippen LogP contribution in [0.1, 0.15) is 12.8 Å². The van der Waals surface area contributed by atoms with Crippen LogP contribution in [0.15, 0.2) is 29.2 Å². The Labute approximate surface area is 162 Å². The van der Waals surface area contributed by atoms with Gasteiger partial charge in [0.2, 0.25) is 11.8 Å². The number of thioether (sulfide) groups is 1. The molecule has 0 unspecified atom stereocenters. The van der Waals surface area contributed by atoms with Crippen molar-refractivity contribution < 1.29 is 14.7 Å². The summed E-state index contributed by atoms with van der Waals surface area (Å²) < 4.78 is 0. The second kappa shape index (κ2) is 7.06. The maximum atomic E-state index is 12.6. The molecule has 2 aliphatic heterocycles. The smallest absolute Gasteiger partial charge is 0.232 e. The molecule has 1 aromatic carbocycles. The van der Waals surface area contributed by atoms with Crippen LogP contribution in [0.2, 0.25) is 5.02 Å². The fourth-order valence-electron chi connectivity index (χ4n) is 4.12. The summed E-state index contributed by atoms with van der Waals surface area (Å²) in [5, 5.41) is 10.7. The summed E-state index contributed by atoms with van der Waals surface area (Å²) in [5.41, 5.74) is -0.342. The molecule has 0 aromatic heterocycles. The minimum absolute atomic E-state index is 0.0280. The van der Waals surface area contributed by atoms with Gasteiger partial charge in [-0.25, -0.2) is 0 Å². The molecular formula is C19H23ClN2O3S. The number of halogens is 1. The van der Waals surface area contributed by atoms with E-state index in [0.29, 0.717) is 37.0 Å². The SMILES string of the molecule is O=C(CSc1ccc(Cl)cc1)N1C[C@H]2CN(C(=O)C3CC3)C[C@@]2(CO)C1. The molecule has 2 atom stereocenters. The molecule has 1 aromatic rings. The highest BCUT2D eigenvalue weighted by molar-refractivity contribution is 8.00. The minimum Gasteiger partial charge on any atom is -0.396 e. The van der Waals surface area contributed by atoms with Gasteiger partial charge in [0, 0.05) is 53.3 Å². The molecule has 140 valence electrons. The van der Waals surface area contributed by atoms with Crippen LogP contribution in [0.4, 0.5) is 0 Å². The van der Waals surface area contributed by atoms with E-state index in [0.717, 1.165) is 17.7 Å². The predicted octanol–water partition coefficient (Wildman–Crippen LogP) is 2.12. The first-order chi connectivity index (χ1) is 12.5. The molecule has 4 rings (SSSR count). The Bertz CT molecular complexity index is 709. The third-order valence-corrected chi connectivity index (χ3v) is 7.09. The molecule has 7 heteroatoms. The lowest BCUT2D eigenvalue weighted by Gasteiger charge is -2.27. The lowest BCUT2D eigenvalue weighted by Crippen LogP contribution is -2.41. The number of carbonyl (C=O) groups is 2. The van der Waals surface area contributed by atoms with Gasteiger partial charge in [-0.1, -0.05) is 11.6 Å². The maximum absolute atomic E-state index is 12.6. The Kier molecular flexibility index (Phi) is 4.92. The fraction of sp³-hybridized carbons (Fsp3) is 0.579. The summed E-state index contributed by atoms with van der Waals surface area (Å²) in [6.07, 6.45) is 2.00. The first-order valence-electron chi connectivity index (χ1n) is 9.06. The Morgan fingerprint density at radius 3 is 2.42 bits per heavy atom. The summed E-state index contributed by atoms with van der Waals surface area (Å²) >= 11 is 7.38. The van der Waals surface area contributed by atoms with Crippen LogP contribution in [-0.2, 0) is 9.59 Å². The van der Waals surface area contributed by atoms with E-state index in [-0.39, 0.29) is 35.7 Å². The zero-order valence-electron chi connectivity index (χ0n) is 14.6. The molecule has 1 N–H and O–H groups in total. The zero-order chi connectivity index (χ0) is 18.3. The van der Waals surface area contributed by atoms with Crippen molar-refractivity contribution in [3.8, 4) is 0 Å². The minimum atomic E-state index is -0.342. The number of amides is 2. The average molecular weight is 395 g/mol. The van der Waals surface area contributed by atoms with Crippen molar-refractivity contribution in [3.63, 3.8) is 0 Å². The molecule has 2 heterocycles. The van der Waals surface area contributed by atoms with Gasteiger partial charge in [0.05, 0.1) is 12.4 Å². The van der Waals surface area contributed by atoms with Crippen LogP contribution in [0.25, 0.3) is 0 Å². The van der Waals surface area contributed by atoms with Crippen molar-refractivity contribution in [2.45, 2.75) is 17.7 Å². The van der Waals surface area contributed by atoms with E-state index in [1.165, 1.54) is 11.8 Å². The Hall–Kier alpha value is -1.24. The first kappa shape index (κ1) is 18.1. The van der Waals surface area contributed by atoms with E-state index in [9.17, 15) is 14.7 Å². The molecule has 26 heavy (non-hydrogen) atoms. The number of fused-ring (bicyclic) bond motifs is 1. The Balaban J connectivity index is 1.34. The van der Waals surface area contributed by atoms with E-state index in [2.05, 4.69) is 0 Å². The van der Waals surface area contributed by atoms with Gasteiger partial charge in [-0.3, -0.25) is 9.59 Å². The standard InChI is InChI=1S/C19H23ClN2O3S/c20-15-3-5-16(6-4-15)26-9-17(24)21-7-14-8-22(18(25)13-1-2-13)11-19(14,10-21)12-23/h3-6,13-14,23H,1-2,7-12H2/t14-,19+/m0/s1. The van der Waals surface area contributed by atoms with Gasteiger partial charge in [0.1, 0.15) is 0 Å².